The highest BCUT2D eigenvalue weighted by Crippen LogP contribution is 2.20. The van der Waals surface area contributed by atoms with E-state index in [1.807, 2.05) is 0 Å². The lowest BCUT2D eigenvalue weighted by molar-refractivity contribution is -0.121. The summed E-state index contributed by atoms with van der Waals surface area (Å²) in [6.07, 6.45) is 19.8. The van der Waals surface area contributed by atoms with E-state index in [0.717, 1.165) is 32.1 Å². The Morgan fingerprint density at radius 3 is 1.78 bits per heavy atom. The fourth-order valence-electron chi connectivity index (χ4n) is 2.98. The quantitative estimate of drug-likeness (QED) is 0.186. The summed E-state index contributed by atoms with van der Waals surface area (Å²) >= 11 is 0. The number of nitrogens with two attached hydrogens (primary N) is 1. The number of hydrogen-bond acceptors (Lipinski definition) is 4. The lowest BCUT2D eigenvalue weighted by Gasteiger charge is -2.22. The molecule has 0 saturated heterocycles. The number of rotatable bonds is 18. The highest BCUT2D eigenvalue weighted by molar-refractivity contribution is 7.88. The van der Waals surface area contributed by atoms with Gasteiger partial charge in [0.05, 0.1) is 0 Å². The molecule has 0 saturated carbocycles. The van der Waals surface area contributed by atoms with Crippen LogP contribution in [-0.2, 0) is 14.9 Å². The van der Waals surface area contributed by atoms with E-state index in [0.29, 0.717) is 6.42 Å². The zero-order valence-electron chi connectivity index (χ0n) is 17.4. The van der Waals surface area contributed by atoms with Gasteiger partial charge in [-0.3, -0.25) is 9.35 Å². The third kappa shape index (κ3) is 11.7. The van der Waals surface area contributed by atoms with Gasteiger partial charge in [0.1, 0.15) is 0 Å². The van der Waals surface area contributed by atoms with Gasteiger partial charge in [-0.25, -0.2) is 0 Å². The van der Waals surface area contributed by atoms with Gasteiger partial charge in [-0.2, -0.15) is 8.42 Å². The monoisotopic (exact) mass is 403 g/mol. The molecular weight excluding hydrogens is 362 g/mol. The number of unbranched alkanes of at least 4 members (excludes halogenated alkanes) is 11. The Morgan fingerprint density at radius 1 is 0.889 bits per heavy atom. The Labute approximate surface area is 166 Å². The van der Waals surface area contributed by atoms with Crippen molar-refractivity contribution in [1.29, 1.82) is 0 Å². The van der Waals surface area contributed by atoms with Crippen LogP contribution in [0.25, 0.3) is 0 Å². The van der Waals surface area contributed by atoms with E-state index in [9.17, 15) is 17.8 Å². The Hall–Kier alpha value is -0.720. The maximum Gasteiger partial charge on any atom is 0.278 e. The molecule has 0 radical (unpaired) electrons. The van der Waals surface area contributed by atoms with Crippen LogP contribution >= 0.6 is 0 Å². The summed E-state index contributed by atoms with van der Waals surface area (Å²) in [6.45, 7) is 3.04. The molecule has 0 aromatic heterocycles. The summed E-state index contributed by atoms with van der Waals surface area (Å²) in [6, 6.07) is 0. The number of allylic oxidation sites excluding steroid dienone is 2. The molecule has 0 bridgehead atoms. The fourth-order valence-corrected chi connectivity index (χ4v) is 3.58. The van der Waals surface area contributed by atoms with E-state index in [1.165, 1.54) is 51.9 Å². The minimum atomic E-state index is -4.47. The van der Waals surface area contributed by atoms with Crippen LogP contribution in [0.3, 0.4) is 0 Å². The molecule has 5 nitrogen and oxygen atoms in total. The number of carbonyl (C=O) groups excluding carboxylic acids is 1. The molecule has 1 unspecified atom stereocenters. The Kier molecular flexibility index (Phi) is 14.8. The minimum absolute atomic E-state index is 0.144. The smallest absolute Gasteiger partial charge is 0.278 e. The third-order valence-corrected chi connectivity index (χ3v) is 6.75. The molecule has 27 heavy (non-hydrogen) atoms. The topological polar surface area (TPSA) is 97.5 Å². The standard InChI is InChI=1S/C21H41NO4S/c1-3-4-5-6-7-8-9-10-11-12-13-14-15-16-17-18-20(23)21(2,19-22)27(24,25)26/h10-11H,3-9,12-19,22H2,1-2H3,(H,24,25,26)/b11-10-. The molecule has 0 aliphatic rings. The highest BCUT2D eigenvalue weighted by Gasteiger charge is 2.43. The van der Waals surface area contributed by atoms with Crippen molar-refractivity contribution in [2.75, 3.05) is 6.54 Å². The Balaban J connectivity index is 3.62. The largest absolute Gasteiger partial charge is 0.328 e. The van der Waals surface area contributed by atoms with Gasteiger partial charge in [0.15, 0.2) is 10.5 Å². The first kappa shape index (κ1) is 26.3. The third-order valence-electron chi connectivity index (χ3n) is 5.21. The second-order valence-electron chi connectivity index (χ2n) is 7.67. The number of Topliss-reactive ketones (excluding diaryl/α,β-unsaturated/α-hetero) is 1. The molecule has 0 heterocycles. The van der Waals surface area contributed by atoms with Crippen molar-refractivity contribution >= 4 is 15.9 Å². The van der Waals surface area contributed by atoms with Crippen molar-refractivity contribution < 1.29 is 17.8 Å². The lowest BCUT2D eigenvalue weighted by Crippen LogP contribution is -2.49. The van der Waals surface area contributed by atoms with E-state index in [-0.39, 0.29) is 6.42 Å². The molecule has 0 rings (SSSR count). The van der Waals surface area contributed by atoms with E-state index in [1.54, 1.807) is 0 Å². The van der Waals surface area contributed by atoms with Gasteiger partial charge >= 0.3 is 0 Å². The van der Waals surface area contributed by atoms with Crippen LogP contribution in [0, 0.1) is 0 Å². The summed E-state index contributed by atoms with van der Waals surface area (Å²) in [4.78, 5) is 12.0. The van der Waals surface area contributed by atoms with Crippen LogP contribution in [0.5, 0.6) is 0 Å². The molecule has 0 fully saturated rings. The van der Waals surface area contributed by atoms with Crippen LogP contribution in [0.2, 0.25) is 0 Å². The summed E-state index contributed by atoms with van der Waals surface area (Å²) in [7, 11) is -4.47. The first-order valence-electron chi connectivity index (χ1n) is 10.6. The lowest BCUT2D eigenvalue weighted by atomic mass is 9.99. The van der Waals surface area contributed by atoms with Gasteiger partial charge in [0.2, 0.25) is 0 Å². The molecule has 0 aliphatic heterocycles. The van der Waals surface area contributed by atoms with Crippen LogP contribution in [0.4, 0.5) is 0 Å². The molecule has 0 spiro atoms. The van der Waals surface area contributed by atoms with E-state index >= 15 is 0 Å². The molecule has 3 N–H and O–H groups in total. The number of hydrogen-bond donors (Lipinski definition) is 2. The van der Waals surface area contributed by atoms with Gasteiger partial charge < -0.3 is 5.73 Å². The van der Waals surface area contributed by atoms with Crippen molar-refractivity contribution in [1.82, 2.24) is 0 Å². The predicted octanol–water partition coefficient (Wildman–Crippen LogP) is 5.20. The molecule has 6 heteroatoms. The Bertz CT molecular complexity index is 516. The zero-order chi connectivity index (χ0) is 20.6. The molecular formula is C21H41NO4S. The van der Waals surface area contributed by atoms with Crippen molar-refractivity contribution in [3.05, 3.63) is 12.2 Å². The second-order valence-corrected chi connectivity index (χ2v) is 9.52. The van der Waals surface area contributed by atoms with Crippen LogP contribution < -0.4 is 5.73 Å². The number of ketones is 1. The highest BCUT2D eigenvalue weighted by atomic mass is 32.2. The molecule has 1 atom stereocenters. The summed E-state index contributed by atoms with van der Waals surface area (Å²) in [5.41, 5.74) is 5.38. The average Bonchev–Trinajstić information content (AvgIpc) is 2.62. The molecule has 0 amide bonds. The van der Waals surface area contributed by atoms with Gasteiger partial charge in [0.25, 0.3) is 10.1 Å². The maximum atomic E-state index is 12.0. The minimum Gasteiger partial charge on any atom is -0.328 e. The van der Waals surface area contributed by atoms with E-state index in [2.05, 4.69) is 19.1 Å². The molecule has 0 aromatic carbocycles. The van der Waals surface area contributed by atoms with Crippen molar-refractivity contribution in [3.8, 4) is 0 Å². The summed E-state index contributed by atoms with van der Waals surface area (Å²) in [5.74, 6) is -0.495. The van der Waals surface area contributed by atoms with E-state index < -0.39 is 27.2 Å². The first-order valence-corrected chi connectivity index (χ1v) is 12.1. The molecule has 0 aromatic rings. The van der Waals surface area contributed by atoms with Crippen LogP contribution in [0.1, 0.15) is 104 Å². The van der Waals surface area contributed by atoms with Crippen molar-refractivity contribution in [2.24, 2.45) is 5.73 Å². The summed E-state index contributed by atoms with van der Waals surface area (Å²) in [5, 5.41) is 0. The second kappa shape index (κ2) is 15.2. The van der Waals surface area contributed by atoms with E-state index in [4.69, 9.17) is 5.73 Å². The van der Waals surface area contributed by atoms with Crippen molar-refractivity contribution in [3.63, 3.8) is 0 Å². The zero-order valence-corrected chi connectivity index (χ0v) is 18.2. The van der Waals surface area contributed by atoms with Gasteiger partial charge in [-0.1, -0.05) is 70.4 Å². The molecule has 0 aliphatic carbocycles. The van der Waals surface area contributed by atoms with Crippen LogP contribution in [0.15, 0.2) is 12.2 Å². The van der Waals surface area contributed by atoms with Gasteiger partial charge in [-0.05, 0) is 39.0 Å². The first-order chi connectivity index (χ1) is 12.8. The van der Waals surface area contributed by atoms with Gasteiger partial charge in [-0.15, -0.1) is 0 Å². The maximum absolute atomic E-state index is 12.0. The Morgan fingerprint density at radius 2 is 1.33 bits per heavy atom. The fraction of sp³-hybridized carbons (Fsp3) is 0.857. The predicted molar refractivity (Wildman–Crippen MR) is 113 cm³/mol. The molecule has 160 valence electrons. The van der Waals surface area contributed by atoms with Gasteiger partial charge in [0, 0.05) is 13.0 Å². The number of carbonyl (C=O) groups is 1. The van der Waals surface area contributed by atoms with Crippen molar-refractivity contribution in [2.45, 2.75) is 108 Å². The SMILES string of the molecule is CCCCCCCC/C=C\CCCCCCCC(=O)C(C)(CN)S(=O)(=O)O. The van der Waals surface area contributed by atoms with Crippen LogP contribution in [-0.4, -0.2) is 30.0 Å². The average molecular weight is 404 g/mol. The summed E-state index contributed by atoms with van der Waals surface area (Å²) < 4.78 is 30.0. The normalized spacial score (nSPS) is 14.5.